The molecule has 0 saturated heterocycles. The van der Waals surface area contributed by atoms with Gasteiger partial charge in [-0.2, -0.15) is 0 Å². The van der Waals surface area contributed by atoms with Crippen LogP contribution < -0.4 is 0 Å². The molecule has 2 aromatic heterocycles. The molecule has 0 amide bonds. The lowest BCUT2D eigenvalue weighted by Gasteiger charge is -2.22. The Morgan fingerprint density at radius 3 is 0.824 bits per heavy atom. The van der Waals surface area contributed by atoms with Crippen LogP contribution in [-0.2, 0) is 0 Å². The molecule has 10 aromatic rings. The lowest BCUT2D eigenvalue weighted by Crippen LogP contribution is -1.94. The number of phenols is 24. The number of benzene rings is 8. The summed E-state index contributed by atoms with van der Waals surface area (Å²) >= 11 is 0. The van der Waals surface area contributed by atoms with E-state index in [1.165, 1.54) is 0 Å². The highest BCUT2D eigenvalue weighted by Gasteiger charge is 2.40. The smallest absolute Gasteiger partial charge is 0.208 e. The van der Waals surface area contributed by atoms with Crippen molar-refractivity contribution in [2.75, 3.05) is 0 Å². The molecular formula is C42H24O26. The van der Waals surface area contributed by atoms with Gasteiger partial charge in [-0.1, -0.05) is 0 Å². The fraction of sp³-hybridized carbons (Fsp3) is 0. The minimum atomic E-state index is -1.70. The average molecular weight is 945 g/mol. The third-order valence-corrected chi connectivity index (χ3v) is 11.9. The van der Waals surface area contributed by atoms with E-state index < -0.39 is 236 Å². The molecule has 68 heavy (non-hydrogen) atoms. The predicted octanol–water partition coefficient (Wildman–Crippen LogP) is 5.21. The summed E-state index contributed by atoms with van der Waals surface area (Å²) in [5, 5.41) is 258. The number of fused-ring (bicyclic) bond motifs is 6. The summed E-state index contributed by atoms with van der Waals surface area (Å²) in [6.07, 6.45) is 0. The maximum absolute atomic E-state index is 12.2. The van der Waals surface area contributed by atoms with Crippen molar-refractivity contribution in [3.63, 3.8) is 0 Å². The van der Waals surface area contributed by atoms with Crippen LogP contribution in [0.4, 0.5) is 0 Å². The highest BCUT2D eigenvalue weighted by Crippen LogP contribution is 2.68. The first kappa shape index (κ1) is 41.4. The first-order chi connectivity index (χ1) is 31.8. The first-order valence-corrected chi connectivity index (χ1v) is 18.4. The zero-order valence-corrected chi connectivity index (χ0v) is 32.5. The molecule has 348 valence electrons. The molecule has 0 atom stereocenters. The summed E-state index contributed by atoms with van der Waals surface area (Å²) in [4.78, 5) is 0. The molecule has 0 saturated carbocycles. The largest absolute Gasteiger partial charge is 0.506 e. The lowest BCUT2D eigenvalue weighted by molar-refractivity contribution is 0.329. The van der Waals surface area contributed by atoms with Gasteiger partial charge in [-0.05, 0) is 0 Å². The maximum Gasteiger partial charge on any atom is 0.208 e. The molecule has 24 N–H and O–H groups in total. The van der Waals surface area contributed by atoms with Gasteiger partial charge < -0.3 is 131 Å². The van der Waals surface area contributed by atoms with Gasteiger partial charge in [-0.15, -0.1) is 0 Å². The van der Waals surface area contributed by atoms with Crippen LogP contribution in [0.3, 0.4) is 0 Å². The van der Waals surface area contributed by atoms with Crippen molar-refractivity contribution in [2.45, 2.75) is 0 Å². The second kappa shape index (κ2) is 12.5. The number of hydrogen-bond donors (Lipinski definition) is 24. The topological polar surface area (TPSA) is 512 Å². The lowest BCUT2D eigenvalue weighted by atomic mass is 9.83. The molecule has 0 fully saturated rings. The Hall–Kier alpha value is -10.7. The monoisotopic (exact) mass is 944 g/mol. The minimum Gasteiger partial charge on any atom is -0.506 e. The van der Waals surface area contributed by atoms with Crippen LogP contribution in [0.25, 0.3) is 98.4 Å². The van der Waals surface area contributed by atoms with Crippen molar-refractivity contribution in [2.24, 2.45) is 0 Å². The second-order valence-corrected chi connectivity index (χ2v) is 15.1. The molecular weight excluding hydrogens is 920 g/mol. The molecule has 0 bridgehead atoms. The number of hydrogen-bond acceptors (Lipinski definition) is 26. The van der Waals surface area contributed by atoms with E-state index in [9.17, 15) is 123 Å². The van der Waals surface area contributed by atoms with Gasteiger partial charge in [0.2, 0.25) is 74.7 Å². The maximum atomic E-state index is 12.2. The van der Waals surface area contributed by atoms with Gasteiger partial charge in [0.25, 0.3) is 0 Å². The van der Waals surface area contributed by atoms with Crippen LogP contribution in [0, 0.1) is 0 Å². The number of phenolic OH excluding ortho intramolecular Hbond substituents is 24. The Morgan fingerprint density at radius 1 is 0.132 bits per heavy atom. The molecule has 0 unspecified atom stereocenters. The van der Waals surface area contributed by atoms with Crippen LogP contribution in [0.1, 0.15) is 0 Å². The highest BCUT2D eigenvalue weighted by molar-refractivity contribution is 6.41. The Labute approximate surface area is 367 Å². The van der Waals surface area contributed by atoms with Crippen LogP contribution in [0.5, 0.6) is 138 Å². The zero-order chi connectivity index (χ0) is 49.7. The summed E-state index contributed by atoms with van der Waals surface area (Å²) < 4.78 is 11.2. The number of aromatic hydroxyl groups is 24. The van der Waals surface area contributed by atoms with Gasteiger partial charge in [0, 0.05) is 54.2 Å². The summed E-state index contributed by atoms with van der Waals surface area (Å²) in [6, 6.07) is 0. The van der Waals surface area contributed by atoms with Crippen molar-refractivity contribution in [1.82, 2.24) is 0 Å². The van der Waals surface area contributed by atoms with Crippen molar-refractivity contribution < 1.29 is 131 Å². The van der Waals surface area contributed by atoms with E-state index in [0.29, 0.717) is 0 Å². The molecule has 8 aromatic carbocycles. The Balaban J connectivity index is 1.61. The summed E-state index contributed by atoms with van der Waals surface area (Å²) in [6.45, 7) is 0. The first-order valence-electron chi connectivity index (χ1n) is 18.4. The van der Waals surface area contributed by atoms with Gasteiger partial charge in [0.1, 0.15) is 5.75 Å². The molecule has 0 spiro atoms. The van der Waals surface area contributed by atoms with Crippen molar-refractivity contribution in [3.8, 4) is 160 Å². The van der Waals surface area contributed by atoms with Crippen LogP contribution in [0.15, 0.2) is 8.83 Å². The van der Waals surface area contributed by atoms with E-state index in [2.05, 4.69) is 0 Å². The SMILES string of the molecule is Oc1c(O)c(O)c(-c2c(O)c(O)c3c4c(oc5c(O)c(O)c(O)c6c(-c7c(O)c(O)c8oc9c(O)c(O)c(O)c(O)c9c8c7O)c7c(O)c(O)c(O)c(O)c7c3c56)c(O)c(O)c(O)c24)c(O)c1O. The summed E-state index contributed by atoms with van der Waals surface area (Å²) in [5.74, 6) is -37.9. The normalized spacial score (nSPS) is 12.1. The standard InChI is InChI=1S/C42H24O26/c43-15-11(24(52)35(63)41-13(15)14-25(53)30(58)34(62)38(66)42(14)68-41)2-4-3(18(46)26(54)27(55)19(4)47)1-5-10-7(8(17(45)16(5)44)12-22(50)28(56)33(61)29(57)23(12)51)21(49)32(60)37(65)40(10)67-39-9(1)6(2)20(48)31(59)36(39)64/h43-66H. The number of rotatable bonds is 2. The Morgan fingerprint density at radius 2 is 0.353 bits per heavy atom. The third kappa shape index (κ3) is 4.37. The molecule has 2 heterocycles. The molecule has 10 rings (SSSR count). The molecule has 0 radical (unpaired) electrons. The summed E-state index contributed by atoms with van der Waals surface area (Å²) in [7, 11) is 0. The number of furan rings is 1. The zero-order valence-electron chi connectivity index (χ0n) is 32.5. The average Bonchev–Trinajstić information content (AvgIpc) is 3.65. The predicted molar refractivity (Wildman–Crippen MR) is 224 cm³/mol. The molecule has 0 aliphatic rings. The van der Waals surface area contributed by atoms with E-state index in [-0.39, 0.29) is 0 Å². The second-order valence-electron chi connectivity index (χ2n) is 15.1. The van der Waals surface area contributed by atoms with E-state index in [1.807, 2.05) is 0 Å². The van der Waals surface area contributed by atoms with Crippen LogP contribution in [0.2, 0.25) is 0 Å². The minimum absolute atomic E-state index is 0.938. The molecule has 26 heteroatoms. The van der Waals surface area contributed by atoms with E-state index in [0.717, 1.165) is 0 Å². The van der Waals surface area contributed by atoms with Crippen molar-refractivity contribution in [1.29, 1.82) is 0 Å². The van der Waals surface area contributed by atoms with Crippen LogP contribution in [-0.4, -0.2) is 123 Å². The fourth-order valence-corrected chi connectivity index (χ4v) is 8.83. The third-order valence-electron chi connectivity index (χ3n) is 11.9. The Bertz CT molecular complexity index is 4090. The molecule has 26 nitrogen and oxygen atoms in total. The van der Waals surface area contributed by atoms with E-state index >= 15 is 0 Å². The molecule has 0 aliphatic carbocycles. The quantitative estimate of drug-likeness (QED) is 0.0600. The fourth-order valence-electron chi connectivity index (χ4n) is 8.83. The van der Waals surface area contributed by atoms with Crippen molar-refractivity contribution in [3.05, 3.63) is 0 Å². The van der Waals surface area contributed by atoms with E-state index in [4.69, 9.17) is 8.83 Å². The van der Waals surface area contributed by atoms with Crippen molar-refractivity contribution >= 4 is 76.2 Å². The highest BCUT2D eigenvalue weighted by atomic mass is 16.4. The van der Waals surface area contributed by atoms with Gasteiger partial charge in [0.15, 0.2) is 79.8 Å². The van der Waals surface area contributed by atoms with Gasteiger partial charge in [-0.25, -0.2) is 0 Å². The van der Waals surface area contributed by atoms with E-state index in [1.54, 1.807) is 0 Å². The molecule has 0 aliphatic heterocycles. The van der Waals surface area contributed by atoms with Gasteiger partial charge in [0.05, 0.1) is 21.9 Å². The van der Waals surface area contributed by atoms with Crippen LogP contribution >= 0.6 is 0 Å². The van der Waals surface area contributed by atoms with Gasteiger partial charge >= 0.3 is 0 Å². The van der Waals surface area contributed by atoms with Gasteiger partial charge in [-0.3, -0.25) is 0 Å². The Kier molecular flexibility index (Phi) is 7.62. The summed E-state index contributed by atoms with van der Waals surface area (Å²) in [5.41, 5.74) is -9.91.